The lowest BCUT2D eigenvalue weighted by Gasteiger charge is -2.08. The summed E-state index contributed by atoms with van der Waals surface area (Å²) >= 11 is 2.00. The molecule has 0 aromatic heterocycles. The van der Waals surface area contributed by atoms with E-state index in [9.17, 15) is 14.7 Å². The summed E-state index contributed by atoms with van der Waals surface area (Å²) in [5, 5.41) is 12.0. The molecule has 5 nitrogen and oxygen atoms in total. The molecule has 1 fully saturated rings. The van der Waals surface area contributed by atoms with Crippen LogP contribution in [0.5, 0.6) is 5.75 Å². The Bertz CT molecular complexity index is 569. The van der Waals surface area contributed by atoms with Gasteiger partial charge in [-0.15, -0.1) is 0 Å². The highest BCUT2D eigenvalue weighted by atomic mass is 127. The van der Waals surface area contributed by atoms with Crippen molar-refractivity contribution in [2.75, 3.05) is 6.54 Å². The number of hydrogen-bond donors (Lipinski definition) is 2. The lowest BCUT2D eigenvalue weighted by molar-refractivity contribution is -0.122. The van der Waals surface area contributed by atoms with Gasteiger partial charge < -0.3 is 10.4 Å². The number of nitrogens with one attached hydrogen (secondary N) is 1. The smallest absolute Gasteiger partial charge is 0.329 e. The van der Waals surface area contributed by atoms with Crippen molar-refractivity contribution < 1.29 is 14.7 Å². The summed E-state index contributed by atoms with van der Waals surface area (Å²) < 4.78 is 0.689. The fourth-order valence-electron chi connectivity index (χ4n) is 1.78. The molecule has 1 aromatic rings. The van der Waals surface area contributed by atoms with Gasteiger partial charge in [-0.2, -0.15) is 0 Å². The molecule has 1 aliphatic heterocycles. The molecule has 1 aromatic carbocycles. The minimum atomic E-state index is -0.383. The molecule has 6 heteroatoms. The predicted molar refractivity (Wildman–Crippen MR) is 79.3 cm³/mol. The summed E-state index contributed by atoms with van der Waals surface area (Å²) in [7, 11) is 0. The number of phenolic OH excluding ortho intramolecular Hbond substituents is 1. The number of nitrogens with zero attached hydrogens (tertiary/aromatic N) is 1. The molecule has 2 rings (SSSR count). The standard InChI is InChI=1S/C13H13IN2O3/c1-2-5-16-12(18)10(15-13(16)19)7-8-3-4-11(17)9(14)6-8/h3-4,6-7,17H,2,5H2,1H3,(H,15,19)/b10-7+. The van der Waals surface area contributed by atoms with E-state index in [-0.39, 0.29) is 23.4 Å². The van der Waals surface area contributed by atoms with Gasteiger partial charge in [0.1, 0.15) is 11.4 Å². The number of aromatic hydroxyl groups is 1. The second kappa shape index (κ2) is 5.60. The number of imide groups is 1. The summed E-state index contributed by atoms with van der Waals surface area (Å²) in [5.41, 5.74) is 1.02. The van der Waals surface area contributed by atoms with Crippen LogP contribution in [-0.4, -0.2) is 28.5 Å². The van der Waals surface area contributed by atoms with E-state index in [1.165, 1.54) is 4.90 Å². The van der Waals surface area contributed by atoms with E-state index >= 15 is 0 Å². The highest BCUT2D eigenvalue weighted by Crippen LogP contribution is 2.22. The molecule has 0 unspecified atom stereocenters. The number of urea groups is 1. The molecule has 1 saturated heterocycles. The van der Waals surface area contributed by atoms with Crippen LogP contribution in [0, 0.1) is 3.57 Å². The zero-order valence-electron chi connectivity index (χ0n) is 10.3. The van der Waals surface area contributed by atoms with Gasteiger partial charge in [-0.05, 0) is 52.8 Å². The van der Waals surface area contributed by atoms with E-state index < -0.39 is 0 Å². The minimum absolute atomic E-state index is 0.192. The lowest BCUT2D eigenvalue weighted by Crippen LogP contribution is -2.31. The molecule has 1 aliphatic rings. The Hall–Kier alpha value is -1.57. The van der Waals surface area contributed by atoms with Crippen molar-refractivity contribution in [2.45, 2.75) is 13.3 Å². The molecular weight excluding hydrogens is 359 g/mol. The number of phenols is 1. The molecule has 0 atom stereocenters. The zero-order chi connectivity index (χ0) is 14.0. The van der Waals surface area contributed by atoms with E-state index in [1.807, 2.05) is 29.5 Å². The van der Waals surface area contributed by atoms with Crippen LogP contribution < -0.4 is 5.32 Å². The van der Waals surface area contributed by atoms with Gasteiger partial charge in [-0.1, -0.05) is 13.0 Å². The predicted octanol–water partition coefficient (Wildman–Crippen LogP) is 2.30. The normalized spacial score (nSPS) is 17.2. The largest absolute Gasteiger partial charge is 0.507 e. The van der Waals surface area contributed by atoms with E-state index in [4.69, 9.17) is 0 Å². The third-order valence-corrected chi connectivity index (χ3v) is 3.56. The first-order chi connectivity index (χ1) is 9.02. The number of rotatable bonds is 3. The maximum Gasteiger partial charge on any atom is 0.329 e. The van der Waals surface area contributed by atoms with E-state index in [1.54, 1.807) is 24.3 Å². The van der Waals surface area contributed by atoms with Gasteiger partial charge in [-0.3, -0.25) is 9.69 Å². The van der Waals surface area contributed by atoms with E-state index in [2.05, 4.69) is 5.32 Å². The SMILES string of the molecule is CCCN1C(=O)N/C(=C/c2ccc(O)c(I)c2)C1=O. The minimum Gasteiger partial charge on any atom is -0.507 e. The topological polar surface area (TPSA) is 69.6 Å². The molecule has 3 amide bonds. The first-order valence-electron chi connectivity index (χ1n) is 5.86. The second-order valence-electron chi connectivity index (χ2n) is 4.16. The van der Waals surface area contributed by atoms with Crippen molar-refractivity contribution in [1.82, 2.24) is 10.2 Å². The number of carbonyl (C=O) groups is 2. The fourth-order valence-corrected chi connectivity index (χ4v) is 2.32. The van der Waals surface area contributed by atoms with Crippen molar-refractivity contribution in [3.63, 3.8) is 0 Å². The van der Waals surface area contributed by atoms with Gasteiger partial charge in [-0.25, -0.2) is 4.79 Å². The van der Waals surface area contributed by atoms with Crippen LogP contribution in [-0.2, 0) is 4.79 Å². The highest BCUT2D eigenvalue weighted by Gasteiger charge is 2.32. The maximum atomic E-state index is 12.0. The Morgan fingerprint density at radius 3 is 2.79 bits per heavy atom. The van der Waals surface area contributed by atoms with E-state index in [0.29, 0.717) is 10.1 Å². The van der Waals surface area contributed by atoms with Crippen molar-refractivity contribution >= 4 is 40.6 Å². The van der Waals surface area contributed by atoms with Crippen molar-refractivity contribution in [3.05, 3.63) is 33.0 Å². The van der Waals surface area contributed by atoms with Crippen molar-refractivity contribution in [2.24, 2.45) is 0 Å². The lowest BCUT2D eigenvalue weighted by atomic mass is 10.2. The summed E-state index contributed by atoms with van der Waals surface area (Å²) in [6.07, 6.45) is 2.33. The van der Waals surface area contributed by atoms with Gasteiger partial charge >= 0.3 is 6.03 Å². The van der Waals surface area contributed by atoms with Crippen molar-refractivity contribution in [1.29, 1.82) is 0 Å². The van der Waals surface area contributed by atoms with Gasteiger partial charge in [0, 0.05) is 6.54 Å². The van der Waals surface area contributed by atoms with Gasteiger partial charge in [0.05, 0.1) is 3.57 Å². The van der Waals surface area contributed by atoms with Crippen LogP contribution in [0.3, 0.4) is 0 Å². The first kappa shape index (κ1) is 13.9. The van der Waals surface area contributed by atoms with Crippen molar-refractivity contribution in [3.8, 4) is 5.75 Å². The second-order valence-corrected chi connectivity index (χ2v) is 5.32. The van der Waals surface area contributed by atoms with E-state index in [0.717, 1.165) is 12.0 Å². The third kappa shape index (κ3) is 2.89. The van der Waals surface area contributed by atoms with Crippen LogP contribution in [0.25, 0.3) is 6.08 Å². The Balaban J connectivity index is 2.27. The number of carbonyl (C=O) groups excluding carboxylic acids is 2. The molecule has 0 bridgehead atoms. The Morgan fingerprint density at radius 2 is 2.16 bits per heavy atom. The molecule has 2 N–H and O–H groups in total. The third-order valence-electron chi connectivity index (χ3n) is 2.69. The number of halogens is 1. The highest BCUT2D eigenvalue weighted by molar-refractivity contribution is 14.1. The average Bonchev–Trinajstić information content (AvgIpc) is 2.62. The quantitative estimate of drug-likeness (QED) is 0.486. The molecule has 19 heavy (non-hydrogen) atoms. The van der Waals surface area contributed by atoms with Gasteiger partial charge in [0.2, 0.25) is 0 Å². The molecule has 0 aliphatic carbocycles. The summed E-state index contributed by atoms with van der Waals surface area (Å²) in [5.74, 6) is -0.118. The molecule has 100 valence electrons. The Kier molecular flexibility index (Phi) is 4.08. The summed E-state index contributed by atoms with van der Waals surface area (Å²) in [6, 6.07) is 4.60. The number of benzene rings is 1. The summed E-state index contributed by atoms with van der Waals surface area (Å²) in [4.78, 5) is 24.8. The molecule has 0 spiro atoms. The van der Waals surface area contributed by atoms with Crippen LogP contribution >= 0.6 is 22.6 Å². The van der Waals surface area contributed by atoms with Crippen LogP contribution in [0.4, 0.5) is 4.79 Å². The van der Waals surface area contributed by atoms with Crippen LogP contribution in [0.2, 0.25) is 0 Å². The number of amides is 3. The van der Waals surface area contributed by atoms with Crippen LogP contribution in [0.15, 0.2) is 23.9 Å². The molecule has 0 saturated carbocycles. The Morgan fingerprint density at radius 1 is 1.42 bits per heavy atom. The molecule has 1 heterocycles. The van der Waals surface area contributed by atoms with Gasteiger partial charge in [0.15, 0.2) is 0 Å². The zero-order valence-corrected chi connectivity index (χ0v) is 12.5. The monoisotopic (exact) mass is 372 g/mol. The maximum absolute atomic E-state index is 12.0. The van der Waals surface area contributed by atoms with Crippen LogP contribution in [0.1, 0.15) is 18.9 Å². The molecule has 0 radical (unpaired) electrons. The first-order valence-corrected chi connectivity index (χ1v) is 6.94. The Labute approximate surface area is 124 Å². The van der Waals surface area contributed by atoms with Gasteiger partial charge in [0.25, 0.3) is 5.91 Å². The summed E-state index contributed by atoms with van der Waals surface area (Å²) in [6.45, 7) is 2.32. The average molecular weight is 372 g/mol. The molecular formula is C13H13IN2O3. The fraction of sp³-hybridized carbons (Fsp3) is 0.231. The number of hydrogen-bond acceptors (Lipinski definition) is 3.